The van der Waals surface area contributed by atoms with Crippen LogP contribution in [0.15, 0.2) is 0 Å². The Bertz CT molecular complexity index is 199. The molecule has 1 aliphatic rings. The Hall–Kier alpha value is -0.120. The Morgan fingerprint density at radius 3 is 2.25 bits per heavy atom. The second-order valence-corrected chi connectivity index (χ2v) is 5.65. The fourth-order valence-electron chi connectivity index (χ4n) is 3.11. The van der Waals surface area contributed by atoms with E-state index in [1.54, 1.807) is 0 Å². The SMILES string of the molecule is CCC(C)(C(NN)C1CCCCC1)N(C)C. The molecule has 1 rings (SSSR count). The molecule has 1 fully saturated rings. The van der Waals surface area contributed by atoms with Gasteiger partial charge in [0.1, 0.15) is 0 Å². The summed E-state index contributed by atoms with van der Waals surface area (Å²) in [6.07, 6.45) is 7.94. The lowest BCUT2D eigenvalue weighted by Gasteiger charge is -2.46. The van der Waals surface area contributed by atoms with Gasteiger partial charge >= 0.3 is 0 Å². The van der Waals surface area contributed by atoms with Crippen molar-refractivity contribution in [1.82, 2.24) is 10.3 Å². The maximum atomic E-state index is 5.83. The average Bonchev–Trinajstić information content (AvgIpc) is 2.30. The second kappa shape index (κ2) is 5.99. The average molecular weight is 227 g/mol. The molecule has 0 bridgehead atoms. The predicted molar refractivity (Wildman–Crippen MR) is 70.1 cm³/mol. The Labute approximate surface area is 101 Å². The standard InChI is InChI=1S/C13H29N3/c1-5-13(2,16(3)4)12(15-14)11-9-7-6-8-10-11/h11-12,15H,5-10,14H2,1-4H3. The highest BCUT2D eigenvalue weighted by atomic mass is 15.3. The number of likely N-dealkylation sites (N-methyl/N-ethyl adjacent to an activating group) is 1. The Morgan fingerprint density at radius 2 is 1.88 bits per heavy atom. The summed E-state index contributed by atoms with van der Waals surface area (Å²) in [6.45, 7) is 4.58. The van der Waals surface area contributed by atoms with Crippen LogP contribution in [0.2, 0.25) is 0 Å². The Kier molecular flexibility index (Phi) is 5.22. The summed E-state index contributed by atoms with van der Waals surface area (Å²) in [5, 5.41) is 0. The third-order valence-corrected chi connectivity index (χ3v) is 4.71. The lowest BCUT2D eigenvalue weighted by molar-refractivity contribution is 0.0678. The summed E-state index contributed by atoms with van der Waals surface area (Å²) >= 11 is 0. The molecule has 3 nitrogen and oxygen atoms in total. The molecule has 2 atom stereocenters. The van der Waals surface area contributed by atoms with Gasteiger partial charge < -0.3 is 4.90 Å². The number of hydrogen-bond acceptors (Lipinski definition) is 3. The zero-order valence-electron chi connectivity index (χ0n) is 11.4. The van der Waals surface area contributed by atoms with Crippen molar-refractivity contribution >= 4 is 0 Å². The maximum Gasteiger partial charge on any atom is 0.0419 e. The molecule has 0 spiro atoms. The van der Waals surface area contributed by atoms with Crippen LogP contribution in [-0.2, 0) is 0 Å². The van der Waals surface area contributed by atoms with Crippen LogP contribution < -0.4 is 11.3 Å². The summed E-state index contributed by atoms with van der Waals surface area (Å²) in [6, 6.07) is 0.410. The van der Waals surface area contributed by atoms with Crippen molar-refractivity contribution in [3.05, 3.63) is 0 Å². The van der Waals surface area contributed by atoms with Gasteiger partial charge in [0.15, 0.2) is 0 Å². The van der Waals surface area contributed by atoms with E-state index in [1.165, 1.54) is 32.1 Å². The highest BCUT2D eigenvalue weighted by Crippen LogP contribution is 2.34. The zero-order valence-corrected chi connectivity index (χ0v) is 11.4. The molecule has 3 heteroatoms. The van der Waals surface area contributed by atoms with Crippen LogP contribution in [0.25, 0.3) is 0 Å². The zero-order chi connectivity index (χ0) is 12.2. The molecule has 0 aromatic rings. The minimum Gasteiger partial charge on any atom is -0.302 e. The molecule has 1 saturated carbocycles. The summed E-state index contributed by atoms with van der Waals surface area (Å²) in [4.78, 5) is 2.33. The molecule has 3 N–H and O–H groups in total. The number of rotatable bonds is 5. The van der Waals surface area contributed by atoms with Crippen molar-refractivity contribution in [3.63, 3.8) is 0 Å². The maximum absolute atomic E-state index is 5.83. The molecule has 0 radical (unpaired) electrons. The van der Waals surface area contributed by atoms with Crippen LogP contribution in [0, 0.1) is 5.92 Å². The third kappa shape index (κ3) is 2.76. The van der Waals surface area contributed by atoms with Crippen LogP contribution in [0.4, 0.5) is 0 Å². The van der Waals surface area contributed by atoms with Crippen molar-refractivity contribution in [3.8, 4) is 0 Å². The van der Waals surface area contributed by atoms with E-state index >= 15 is 0 Å². The van der Waals surface area contributed by atoms with Crippen molar-refractivity contribution in [2.75, 3.05) is 14.1 Å². The van der Waals surface area contributed by atoms with Crippen LogP contribution in [-0.4, -0.2) is 30.6 Å². The predicted octanol–water partition coefficient (Wildman–Crippen LogP) is 2.13. The van der Waals surface area contributed by atoms with Gasteiger partial charge in [0, 0.05) is 11.6 Å². The van der Waals surface area contributed by atoms with Gasteiger partial charge in [-0.1, -0.05) is 26.2 Å². The van der Waals surface area contributed by atoms with E-state index in [9.17, 15) is 0 Å². The first-order valence-corrected chi connectivity index (χ1v) is 6.69. The normalized spacial score (nSPS) is 24.4. The fraction of sp³-hybridized carbons (Fsp3) is 1.00. The highest BCUT2D eigenvalue weighted by molar-refractivity contribution is 4.97. The van der Waals surface area contributed by atoms with Crippen molar-refractivity contribution in [2.45, 2.75) is 64.0 Å². The lowest BCUT2D eigenvalue weighted by atomic mass is 9.74. The molecule has 0 aromatic heterocycles. The number of nitrogens with two attached hydrogens (primary N) is 1. The van der Waals surface area contributed by atoms with Gasteiger partial charge in [0.05, 0.1) is 0 Å². The third-order valence-electron chi connectivity index (χ3n) is 4.71. The van der Waals surface area contributed by atoms with E-state index in [-0.39, 0.29) is 5.54 Å². The molecule has 96 valence electrons. The van der Waals surface area contributed by atoms with Gasteiger partial charge in [0.2, 0.25) is 0 Å². The minimum atomic E-state index is 0.163. The van der Waals surface area contributed by atoms with E-state index < -0.39 is 0 Å². The summed E-state index contributed by atoms with van der Waals surface area (Å²) < 4.78 is 0. The van der Waals surface area contributed by atoms with Crippen molar-refractivity contribution < 1.29 is 0 Å². The van der Waals surface area contributed by atoms with E-state index in [2.05, 4.69) is 38.3 Å². The number of nitrogens with zero attached hydrogens (tertiary/aromatic N) is 1. The van der Waals surface area contributed by atoms with E-state index in [0.29, 0.717) is 6.04 Å². The first kappa shape index (κ1) is 13.9. The molecule has 0 aliphatic heterocycles. The monoisotopic (exact) mass is 227 g/mol. The van der Waals surface area contributed by atoms with E-state index in [4.69, 9.17) is 5.84 Å². The van der Waals surface area contributed by atoms with Crippen LogP contribution >= 0.6 is 0 Å². The molecule has 0 heterocycles. The first-order valence-electron chi connectivity index (χ1n) is 6.69. The minimum absolute atomic E-state index is 0.163. The van der Waals surface area contributed by atoms with Gasteiger partial charge in [-0.05, 0) is 46.2 Å². The second-order valence-electron chi connectivity index (χ2n) is 5.65. The topological polar surface area (TPSA) is 41.3 Å². The molecule has 1 aliphatic carbocycles. The molecule has 0 aromatic carbocycles. The van der Waals surface area contributed by atoms with Crippen LogP contribution in [0.5, 0.6) is 0 Å². The van der Waals surface area contributed by atoms with E-state index in [1.807, 2.05) is 0 Å². The lowest BCUT2D eigenvalue weighted by Crippen LogP contribution is -2.61. The molecule has 0 amide bonds. The van der Waals surface area contributed by atoms with E-state index in [0.717, 1.165) is 12.3 Å². The molecule has 0 saturated heterocycles. The van der Waals surface area contributed by atoms with Gasteiger partial charge in [0.25, 0.3) is 0 Å². The van der Waals surface area contributed by atoms with Crippen LogP contribution in [0.1, 0.15) is 52.4 Å². The van der Waals surface area contributed by atoms with Gasteiger partial charge in [-0.3, -0.25) is 11.3 Å². The number of hydrogen-bond donors (Lipinski definition) is 2. The molecular formula is C13H29N3. The fourth-order valence-corrected chi connectivity index (χ4v) is 3.11. The number of hydrazine groups is 1. The Morgan fingerprint density at radius 1 is 1.31 bits per heavy atom. The molecular weight excluding hydrogens is 198 g/mol. The largest absolute Gasteiger partial charge is 0.302 e. The summed E-state index contributed by atoms with van der Waals surface area (Å²) in [5.41, 5.74) is 3.27. The number of nitrogens with one attached hydrogen (secondary N) is 1. The van der Waals surface area contributed by atoms with Crippen molar-refractivity contribution in [1.29, 1.82) is 0 Å². The highest BCUT2D eigenvalue weighted by Gasteiger charge is 2.39. The van der Waals surface area contributed by atoms with Gasteiger partial charge in [-0.15, -0.1) is 0 Å². The van der Waals surface area contributed by atoms with Crippen LogP contribution in [0.3, 0.4) is 0 Å². The summed E-state index contributed by atoms with van der Waals surface area (Å²) in [5.74, 6) is 6.57. The van der Waals surface area contributed by atoms with Gasteiger partial charge in [-0.2, -0.15) is 0 Å². The smallest absolute Gasteiger partial charge is 0.0419 e. The first-order chi connectivity index (χ1) is 7.56. The van der Waals surface area contributed by atoms with Crippen molar-refractivity contribution in [2.24, 2.45) is 11.8 Å². The molecule has 16 heavy (non-hydrogen) atoms. The Balaban J connectivity index is 2.77. The molecule has 2 unspecified atom stereocenters. The summed E-state index contributed by atoms with van der Waals surface area (Å²) in [7, 11) is 4.33. The van der Waals surface area contributed by atoms with Gasteiger partial charge in [-0.25, -0.2) is 0 Å². The quantitative estimate of drug-likeness (QED) is 0.558.